The minimum Gasteiger partial charge on any atom is -0.228 e. The molecule has 0 aromatic rings. The monoisotopic (exact) mass is 162 g/mol. The van der Waals surface area contributed by atoms with Crippen molar-refractivity contribution < 1.29 is 8.42 Å². The number of hydrogen-bond donors (Lipinski definition) is 0. The van der Waals surface area contributed by atoms with E-state index < -0.39 is 9.84 Å². The second-order valence-corrected chi connectivity index (χ2v) is 5.61. The summed E-state index contributed by atoms with van der Waals surface area (Å²) in [7, 11) is -2.74. The zero-order valence-electron chi connectivity index (χ0n) is 6.55. The summed E-state index contributed by atoms with van der Waals surface area (Å²) >= 11 is 0. The minimum absolute atomic E-state index is 0.290. The van der Waals surface area contributed by atoms with Crippen molar-refractivity contribution in [2.24, 2.45) is 0 Å². The fourth-order valence-electron chi connectivity index (χ4n) is 1.33. The molecule has 1 fully saturated rings. The Morgan fingerprint density at radius 1 is 1.30 bits per heavy atom. The van der Waals surface area contributed by atoms with Crippen molar-refractivity contribution in [3.05, 3.63) is 0 Å². The molecule has 1 aliphatic carbocycles. The van der Waals surface area contributed by atoms with Crippen molar-refractivity contribution >= 4 is 9.84 Å². The molecule has 0 spiro atoms. The van der Waals surface area contributed by atoms with Crippen LogP contribution >= 0.6 is 0 Å². The van der Waals surface area contributed by atoms with Gasteiger partial charge in [-0.05, 0) is 19.3 Å². The van der Waals surface area contributed by atoms with Crippen LogP contribution in [-0.2, 0) is 9.84 Å². The second-order valence-electron chi connectivity index (χ2n) is 2.94. The highest BCUT2D eigenvalue weighted by Crippen LogP contribution is 2.46. The van der Waals surface area contributed by atoms with Crippen LogP contribution in [0.5, 0.6) is 0 Å². The molecule has 0 aliphatic heterocycles. The quantitative estimate of drug-likeness (QED) is 0.628. The van der Waals surface area contributed by atoms with Crippen LogP contribution in [0, 0.1) is 0 Å². The highest BCUT2D eigenvalue weighted by Gasteiger charge is 2.51. The van der Waals surface area contributed by atoms with Gasteiger partial charge >= 0.3 is 0 Å². The van der Waals surface area contributed by atoms with Gasteiger partial charge in [-0.1, -0.05) is 13.8 Å². The Hall–Kier alpha value is -0.0500. The second kappa shape index (κ2) is 2.22. The van der Waals surface area contributed by atoms with Gasteiger partial charge in [0.25, 0.3) is 0 Å². The van der Waals surface area contributed by atoms with Gasteiger partial charge < -0.3 is 0 Å². The van der Waals surface area contributed by atoms with Crippen molar-refractivity contribution in [3.8, 4) is 0 Å². The van der Waals surface area contributed by atoms with E-state index >= 15 is 0 Å². The summed E-state index contributed by atoms with van der Waals surface area (Å²) in [6.07, 6.45) is 2.57. The van der Waals surface area contributed by atoms with E-state index in [1.165, 1.54) is 0 Å². The van der Waals surface area contributed by atoms with Crippen molar-refractivity contribution in [3.63, 3.8) is 0 Å². The van der Waals surface area contributed by atoms with Gasteiger partial charge in [-0.3, -0.25) is 0 Å². The lowest BCUT2D eigenvalue weighted by Crippen LogP contribution is -2.23. The summed E-state index contributed by atoms with van der Waals surface area (Å²) in [6.45, 7) is 3.69. The van der Waals surface area contributed by atoms with Gasteiger partial charge in [0.05, 0.1) is 4.75 Å². The fraction of sp³-hybridized carbons (Fsp3) is 1.00. The first-order valence-electron chi connectivity index (χ1n) is 3.80. The number of sulfone groups is 1. The summed E-state index contributed by atoms with van der Waals surface area (Å²) in [5, 5.41) is 0. The molecule has 0 radical (unpaired) electrons. The van der Waals surface area contributed by atoms with Gasteiger partial charge in [0.15, 0.2) is 9.84 Å². The Labute approximate surface area is 62.5 Å². The van der Waals surface area contributed by atoms with Gasteiger partial charge in [-0.25, -0.2) is 8.42 Å². The minimum atomic E-state index is -2.74. The highest BCUT2D eigenvalue weighted by molar-refractivity contribution is 7.93. The van der Waals surface area contributed by atoms with Crippen LogP contribution in [-0.4, -0.2) is 18.9 Å². The first-order valence-corrected chi connectivity index (χ1v) is 5.45. The lowest BCUT2D eigenvalue weighted by molar-refractivity contribution is 0.574. The molecule has 0 amide bonds. The smallest absolute Gasteiger partial charge is 0.155 e. The first kappa shape index (κ1) is 8.05. The van der Waals surface area contributed by atoms with E-state index in [9.17, 15) is 8.42 Å². The predicted octanol–water partition coefficient (Wildman–Crippen LogP) is 1.36. The third kappa shape index (κ3) is 0.965. The van der Waals surface area contributed by atoms with Crippen molar-refractivity contribution in [1.82, 2.24) is 0 Å². The molecule has 60 valence electrons. The topological polar surface area (TPSA) is 34.1 Å². The van der Waals surface area contributed by atoms with Gasteiger partial charge in [-0.2, -0.15) is 0 Å². The Balaban J connectivity index is 2.83. The van der Waals surface area contributed by atoms with Crippen LogP contribution in [0.1, 0.15) is 33.1 Å². The van der Waals surface area contributed by atoms with Gasteiger partial charge in [0.2, 0.25) is 0 Å². The van der Waals surface area contributed by atoms with Gasteiger partial charge in [0, 0.05) is 5.75 Å². The van der Waals surface area contributed by atoms with Crippen LogP contribution in [0.3, 0.4) is 0 Å². The SMILES string of the molecule is CCC1(S(=O)(=O)CC)CC1. The van der Waals surface area contributed by atoms with E-state index in [0.29, 0.717) is 5.75 Å². The van der Waals surface area contributed by atoms with E-state index in [1.54, 1.807) is 6.92 Å². The average Bonchev–Trinajstić information content (AvgIpc) is 2.67. The summed E-state index contributed by atoms with van der Waals surface area (Å²) in [6, 6.07) is 0. The molecule has 1 saturated carbocycles. The molecule has 0 unspecified atom stereocenters. The summed E-state index contributed by atoms with van der Waals surface area (Å²) in [5.74, 6) is 0.306. The van der Waals surface area contributed by atoms with Crippen LogP contribution in [0.4, 0.5) is 0 Å². The van der Waals surface area contributed by atoms with Crippen molar-refractivity contribution in [2.75, 3.05) is 5.75 Å². The fourth-order valence-corrected chi connectivity index (χ4v) is 3.11. The predicted molar refractivity (Wildman–Crippen MR) is 41.7 cm³/mol. The number of rotatable bonds is 3. The number of hydrogen-bond acceptors (Lipinski definition) is 2. The Kier molecular flexibility index (Phi) is 1.79. The van der Waals surface area contributed by atoms with Crippen LogP contribution in [0.2, 0.25) is 0 Å². The zero-order chi connectivity index (χ0) is 7.83. The molecule has 0 N–H and O–H groups in total. The van der Waals surface area contributed by atoms with E-state index in [-0.39, 0.29) is 4.75 Å². The van der Waals surface area contributed by atoms with E-state index in [0.717, 1.165) is 19.3 Å². The van der Waals surface area contributed by atoms with Gasteiger partial charge in [-0.15, -0.1) is 0 Å². The molecule has 0 atom stereocenters. The molecule has 0 bridgehead atoms. The first-order chi connectivity index (χ1) is 4.58. The lowest BCUT2D eigenvalue weighted by atomic mass is 10.3. The average molecular weight is 162 g/mol. The maximum absolute atomic E-state index is 11.3. The van der Waals surface area contributed by atoms with E-state index in [4.69, 9.17) is 0 Å². The molecular formula is C7H14O2S. The molecule has 0 aromatic carbocycles. The molecule has 0 saturated heterocycles. The lowest BCUT2D eigenvalue weighted by Gasteiger charge is -2.10. The van der Waals surface area contributed by atoms with Crippen molar-refractivity contribution in [2.45, 2.75) is 37.9 Å². The molecular weight excluding hydrogens is 148 g/mol. The molecule has 0 heterocycles. The van der Waals surface area contributed by atoms with Crippen LogP contribution in [0.15, 0.2) is 0 Å². The molecule has 0 aromatic heterocycles. The molecule has 3 heteroatoms. The zero-order valence-corrected chi connectivity index (χ0v) is 7.37. The van der Waals surface area contributed by atoms with Crippen LogP contribution < -0.4 is 0 Å². The molecule has 2 nitrogen and oxygen atoms in total. The molecule has 1 rings (SSSR count). The van der Waals surface area contributed by atoms with Crippen molar-refractivity contribution in [1.29, 1.82) is 0 Å². The van der Waals surface area contributed by atoms with Gasteiger partial charge in [0.1, 0.15) is 0 Å². The maximum Gasteiger partial charge on any atom is 0.155 e. The third-order valence-corrected chi connectivity index (χ3v) is 5.27. The normalized spacial score (nSPS) is 22.6. The Bertz CT molecular complexity index is 212. The van der Waals surface area contributed by atoms with E-state index in [1.807, 2.05) is 6.92 Å². The standard InChI is InChI=1S/C7H14O2S/c1-3-7(5-6-7)10(8,9)4-2/h3-6H2,1-2H3. The highest BCUT2D eigenvalue weighted by atomic mass is 32.2. The molecule has 1 aliphatic rings. The Morgan fingerprint density at radius 2 is 1.80 bits per heavy atom. The summed E-state index contributed by atoms with van der Waals surface area (Å²) < 4.78 is 22.3. The van der Waals surface area contributed by atoms with Crippen LogP contribution in [0.25, 0.3) is 0 Å². The summed E-state index contributed by atoms with van der Waals surface area (Å²) in [4.78, 5) is 0. The largest absolute Gasteiger partial charge is 0.228 e. The maximum atomic E-state index is 11.3. The molecule has 10 heavy (non-hydrogen) atoms. The van der Waals surface area contributed by atoms with E-state index in [2.05, 4.69) is 0 Å². The Morgan fingerprint density at radius 3 is 1.90 bits per heavy atom. The summed E-state index contributed by atoms with van der Waals surface area (Å²) in [5.41, 5.74) is 0. The third-order valence-electron chi connectivity index (χ3n) is 2.49.